The van der Waals surface area contributed by atoms with Crippen molar-refractivity contribution in [2.45, 2.75) is 31.7 Å². The summed E-state index contributed by atoms with van der Waals surface area (Å²) in [6.07, 6.45) is 3.42. The monoisotopic (exact) mass is 215 g/mol. The van der Waals surface area contributed by atoms with E-state index < -0.39 is 11.8 Å². The van der Waals surface area contributed by atoms with Gasteiger partial charge in [-0.3, -0.25) is 15.0 Å². The second-order valence-electron chi connectivity index (χ2n) is 3.63. The van der Waals surface area contributed by atoms with Crippen LogP contribution in [-0.4, -0.2) is 41.0 Å². The number of hydrazine groups is 1. The van der Waals surface area contributed by atoms with Crippen molar-refractivity contribution in [2.24, 2.45) is 5.84 Å². The quantitative estimate of drug-likeness (QED) is 0.236. The van der Waals surface area contributed by atoms with Crippen molar-refractivity contribution >= 4 is 11.8 Å². The lowest BCUT2D eigenvalue weighted by Gasteiger charge is -2.36. The lowest BCUT2D eigenvalue weighted by Crippen LogP contribution is -2.52. The van der Waals surface area contributed by atoms with Gasteiger partial charge in [0.15, 0.2) is 0 Å². The first-order valence-electron chi connectivity index (χ1n) is 5.13. The maximum absolute atomic E-state index is 11.6. The predicted octanol–water partition coefficient (Wildman–Crippen LogP) is -1.26. The maximum atomic E-state index is 11.6. The number of nitrogens with zero attached hydrogens (tertiary/aromatic N) is 1. The molecular formula is C9H17N3O3. The minimum atomic E-state index is -0.792. The third-order valence-electron chi connectivity index (χ3n) is 2.66. The molecule has 1 aliphatic rings. The zero-order valence-electron chi connectivity index (χ0n) is 8.61. The number of nitrogens with two attached hydrogens (primary N) is 1. The number of carbonyl (C=O) groups is 2. The van der Waals surface area contributed by atoms with Crippen LogP contribution in [0.15, 0.2) is 0 Å². The molecule has 0 aromatic rings. The van der Waals surface area contributed by atoms with E-state index in [1.165, 1.54) is 4.90 Å². The second kappa shape index (κ2) is 5.67. The van der Waals surface area contributed by atoms with E-state index >= 15 is 0 Å². The maximum Gasteiger partial charge on any atom is 0.323 e. The van der Waals surface area contributed by atoms with Crippen LogP contribution in [0, 0.1) is 0 Å². The summed E-state index contributed by atoms with van der Waals surface area (Å²) in [6, 6.07) is 0.140. The highest BCUT2D eigenvalue weighted by Gasteiger charge is 2.31. The summed E-state index contributed by atoms with van der Waals surface area (Å²) in [4.78, 5) is 24.1. The van der Waals surface area contributed by atoms with E-state index in [0.717, 1.165) is 19.3 Å². The van der Waals surface area contributed by atoms with Crippen LogP contribution in [0.4, 0.5) is 0 Å². The highest BCUT2D eigenvalue weighted by molar-refractivity contribution is 6.34. The summed E-state index contributed by atoms with van der Waals surface area (Å²) in [5.74, 6) is 3.51. The number of nitrogens with one attached hydrogen (secondary N) is 1. The first-order chi connectivity index (χ1) is 7.20. The van der Waals surface area contributed by atoms with E-state index in [4.69, 9.17) is 10.9 Å². The summed E-state index contributed by atoms with van der Waals surface area (Å²) in [6.45, 7) is 0.425. The number of aliphatic hydroxyl groups excluding tert-OH is 1. The molecule has 0 heterocycles. The fourth-order valence-corrected chi connectivity index (χ4v) is 1.58. The van der Waals surface area contributed by atoms with Gasteiger partial charge in [-0.15, -0.1) is 0 Å². The van der Waals surface area contributed by atoms with Crippen LogP contribution in [0.2, 0.25) is 0 Å². The molecule has 0 saturated heterocycles. The largest absolute Gasteiger partial charge is 0.396 e. The van der Waals surface area contributed by atoms with Gasteiger partial charge < -0.3 is 10.0 Å². The molecule has 1 fully saturated rings. The number of carbonyl (C=O) groups excluding carboxylic acids is 2. The second-order valence-corrected chi connectivity index (χ2v) is 3.63. The van der Waals surface area contributed by atoms with Crippen LogP contribution in [0.5, 0.6) is 0 Å². The molecule has 0 radical (unpaired) electrons. The molecule has 0 unspecified atom stereocenters. The highest BCUT2D eigenvalue weighted by Crippen LogP contribution is 2.24. The first kappa shape index (κ1) is 11.9. The van der Waals surface area contributed by atoms with Gasteiger partial charge in [-0.05, 0) is 25.7 Å². The Labute approximate surface area is 88.4 Å². The zero-order chi connectivity index (χ0) is 11.3. The molecule has 1 saturated carbocycles. The molecule has 1 rings (SSSR count). The molecule has 6 nitrogen and oxygen atoms in total. The fraction of sp³-hybridized carbons (Fsp3) is 0.778. The summed E-state index contributed by atoms with van der Waals surface area (Å²) in [5, 5.41) is 8.70. The van der Waals surface area contributed by atoms with Crippen LogP contribution in [-0.2, 0) is 9.59 Å². The number of hydrogen-bond acceptors (Lipinski definition) is 4. The van der Waals surface area contributed by atoms with Crippen molar-refractivity contribution in [1.29, 1.82) is 0 Å². The van der Waals surface area contributed by atoms with E-state index in [1.807, 2.05) is 5.43 Å². The first-order valence-corrected chi connectivity index (χ1v) is 5.13. The smallest absolute Gasteiger partial charge is 0.323 e. The Morgan fingerprint density at radius 3 is 2.53 bits per heavy atom. The molecule has 1 aliphatic carbocycles. The van der Waals surface area contributed by atoms with Crippen LogP contribution in [0.3, 0.4) is 0 Å². The van der Waals surface area contributed by atoms with E-state index in [9.17, 15) is 9.59 Å². The molecule has 0 aromatic carbocycles. The van der Waals surface area contributed by atoms with Gasteiger partial charge in [-0.1, -0.05) is 0 Å². The molecule has 86 valence electrons. The molecule has 0 aliphatic heterocycles. The molecule has 0 atom stereocenters. The van der Waals surface area contributed by atoms with Gasteiger partial charge in [0.1, 0.15) is 0 Å². The summed E-state index contributed by atoms with van der Waals surface area (Å²) in [7, 11) is 0. The predicted molar refractivity (Wildman–Crippen MR) is 53.4 cm³/mol. The Morgan fingerprint density at radius 2 is 2.13 bits per heavy atom. The van der Waals surface area contributed by atoms with E-state index in [-0.39, 0.29) is 12.6 Å². The Balaban J connectivity index is 2.53. The third kappa shape index (κ3) is 2.90. The van der Waals surface area contributed by atoms with Crippen LogP contribution in [0.1, 0.15) is 25.7 Å². The van der Waals surface area contributed by atoms with Crippen LogP contribution >= 0.6 is 0 Å². The normalized spacial score (nSPS) is 15.6. The Bertz CT molecular complexity index is 241. The molecule has 0 bridgehead atoms. The molecule has 4 N–H and O–H groups in total. The van der Waals surface area contributed by atoms with E-state index in [2.05, 4.69) is 0 Å². The third-order valence-corrected chi connectivity index (χ3v) is 2.66. The number of rotatable bonds is 4. The van der Waals surface area contributed by atoms with Gasteiger partial charge in [-0.2, -0.15) is 0 Å². The standard InChI is InChI=1S/C9H17N3O3/c10-11-8(14)9(15)12(5-2-6-13)7-3-1-4-7/h7,13H,1-6,10H2,(H,11,14). The van der Waals surface area contributed by atoms with Gasteiger partial charge in [0, 0.05) is 19.2 Å². The van der Waals surface area contributed by atoms with Crippen molar-refractivity contribution in [1.82, 2.24) is 10.3 Å². The average Bonchev–Trinajstić information content (AvgIpc) is 2.19. The molecule has 15 heavy (non-hydrogen) atoms. The van der Waals surface area contributed by atoms with Gasteiger partial charge in [-0.25, -0.2) is 5.84 Å². The van der Waals surface area contributed by atoms with Gasteiger partial charge >= 0.3 is 11.8 Å². The van der Waals surface area contributed by atoms with Crippen molar-refractivity contribution in [2.75, 3.05) is 13.2 Å². The molecule has 0 spiro atoms. The Morgan fingerprint density at radius 1 is 1.47 bits per heavy atom. The van der Waals surface area contributed by atoms with Crippen molar-refractivity contribution in [3.8, 4) is 0 Å². The summed E-state index contributed by atoms with van der Waals surface area (Å²) >= 11 is 0. The van der Waals surface area contributed by atoms with Crippen LogP contribution < -0.4 is 11.3 Å². The number of hydrogen-bond donors (Lipinski definition) is 3. The number of aliphatic hydroxyl groups is 1. The Kier molecular flexibility index (Phi) is 4.51. The summed E-state index contributed by atoms with van der Waals surface area (Å²) in [5.41, 5.74) is 1.83. The summed E-state index contributed by atoms with van der Waals surface area (Å²) < 4.78 is 0. The SMILES string of the molecule is NNC(=O)C(=O)N(CCCO)C1CCC1. The van der Waals surface area contributed by atoms with Crippen molar-refractivity contribution in [3.05, 3.63) is 0 Å². The van der Waals surface area contributed by atoms with Crippen molar-refractivity contribution < 1.29 is 14.7 Å². The molecule has 6 heteroatoms. The lowest BCUT2D eigenvalue weighted by atomic mass is 9.91. The average molecular weight is 215 g/mol. The minimum absolute atomic E-state index is 0.0146. The highest BCUT2D eigenvalue weighted by atomic mass is 16.3. The van der Waals surface area contributed by atoms with Crippen LogP contribution in [0.25, 0.3) is 0 Å². The molecule has 2 amide bonds. The zero-order valence-corrected chi connectivity index (χ0v) is 8.61. The molecule has 0 aromatic heterocycles. The van der Waals surface area contributed by atoms with Gasteiger partial charge in [0.05, 0.1) is 0 Å². The minimum Gasteiger partial charge on any atom is -0.396 e. The van der Waals surface area contributed by atoms with Crippen molar-refractivity contribution in [3.63, 3.8) is 0 Å². The number of amides is 2. The fourth-order valence-electron chi connectivity index (χ4n) is 1.58. The lowest BCUT2D eigenvalue weighted by molar-refractivity contribution is -0.148. The molecular weight excluding hydrogens is 198 g/mol. The van der Waals surface area contributed by atoms with Gasteiger partial charge in [0.25, 0.3) is 0 Å². The van der Waals surface area contributed by atoms with E-state index in [0.29, 0.717) is 13.0 Å². The van der Waals surface area contributed by atoms with E-state index in [1.54, 1.807) is 0 Å². The topological polar surface area (TPSA) is 95.7 Å². The van der Waals surface area contributed by atoms with Gasteiger partial charge in [0.2, 0.25) is 0 Å². The Hall–Kier alpha value is -1.14.